The van der Waals surface area contributed by atoms with Crippen LogP contribution in [0.5, 0.6) is 5.75 Å². The van der Waals surface area contributed by atoms with Gasteiger partial charge in [-0.25, -0.2) is 15.0 Å². The van der Waals surface area contributed by atoms with E-state index in [4.69, 9.17) is 147 Å². The number of carboxylic acid groups (broad SMARTS) is 1. The fraction of sp³-hybridized carbons (Fsp3) is 0.674. The number of nitrogens with two attached hydrogens (primary N) is 15. The molecule has 0 saturated carbocycles. The zero-order chi connectivity index (χ0) is 96.6. The Morgan fingerprint density at radius 2 is 0.930 bits per heavy atom. The summed E-state index contributed by atoms with van der Waals surface area (Å²) >= 11 is 0. The summed E-state index contributed by atoms with van der Waals surface area (Å²) in [5.41, 5.74) is 82.8. The minimum absolute atomic E-state index is 0.125. The lowest BCUT2D eigenvalue weighted by atomic mass is 10.1. The highest BCUT2D eigenvalue weighted by molar-refractivity contribution is 8.76. The molecule has 6 heterocycles. The summed E-state index contributed by atoms with van der Waals surface area (Å²) in [6.07, 6.45) is 28.6. The summed E-state index contributed by atoms with van der Waals surface area (Å²) in [6, 6.07) is 24.0. The molecule has 0 bridgehead atoms. The number of aromatic amines is 2. The first-order chi connectivity index (χ1) is 62.1. The quantitative estimate of drug-likeness (QED) is 0.0110. The van der Waals surface area contributed by atoms with E-state index in [0.29, 0.717) is 65.6 Å². The Morgan fingerprint density at radius 3 is 1.29 bits per heavy atom. The van der Waals surface area contributed by atoms with E-state index in [0.717, 1.165) is 200 Å². The van der Waals surface area contributed by atoms with E-state index in [1.165, 1.54) is 71.4 Å². The van der Waals surface area contributed by atoms with Crippen molar-refractivity contribution >= 4 is 38.9 Å². The molecule has 0 aliphatic carbocycles. The molecule has 3 aromatic heterocycles. The lowest BCUT2D eigenvalue weighted by Gasteiger charge is -2.32. The van der Waals surface area contributed by atoms with Gasteiger partial charge in [0.2, 0.25) is 0 Å². The number of benzene rings is 3. The topological polar surface area (TPSA) is 751 Å². The van der Waals surface area contributed by atoms with Crippen LogP contribution in [0.25, 0.3) is 0 Å². The third kappa shape index (κ3) is 98.7. The van der Waals surface area contributed by atoms with Crippen LogP contribution in [-0.4, -0.2) is 373 Å². The van der Waals surface area contributed by atoms with Crippen LogP contribution >= 0.6 is 21.6 Å². The molecular formula is C86H179N27O13S2. The largest absolute Gasteiger partial charge is 0.492 e. The fourth-order valence-electron chi connectivity index (χ4n) is 9.57. The van der Waals surface area contributed by atoms with Gasteiger partial charge in [-0.1, -0.05) is 83.3 Å². The number of nitrogens with one attached hydrogen (secondary N) is 4. The molecule has 1 unspecified atom stereocenters. The highest BCUT2D eigenvalue weighted by Gasteiger charge is 2.14. The Kier molecular flexibility index (Phi) is 113. The molecule has 748 valence electrons. The van der Waals surface area contributed by atoms with Crippen molar-refractivity contribution < 1.29 is 65.7 Å². The summed E-state index contributed by atoms with van der Waals surface area (Å²) in [4.78, 5) is 38.8. The molecule has 0 radical (unpaired) electrons. The number of unbranched alkanes of at least 4 members (excludes halogenated alkanes) is 6. The number of anilines is 2. The number of hydrogen-bond acceptors (Lipinski definition) is 38. The van der Waals surface area contributed by atoms with Crippen LogP contribution in [-0.2, 0) is 24.2 Å². The number of aryl methyl sites for hydroxylation is 1. The smallest absolute Gasteiger partial charge is 0.320 e. The minimum atomic E-state index is -1.00. The maximum Gasteiger partial charge on any atom is 0.320 e. The minimum Gasteiger partial charge on any atom is -0.492 e. The maximum absolute atomic E-state index is 10.3. The molecule has 0 spiro atoms. The molecule has 0 amide bonds. The van der Waals surface area contributed by atoms with E-state index in [9.17, 15) is 4.79 Å². The lowest BCUT2D eigenvalue weighted by Crippen LogP contribution is -2.44. The summed E-state index contributed by atoms with van der Waals surface area (Å²) < 4.78 is 7.25. The zero-order valence-electron chi connectivity index (χ0n) is 77.3. The van der Waals surface area contributed by atoms with E-state index < -0.39 is 24.2 Å². The molecule has 128 heavy (non-hydrogen) atoms. The number of piperazine rings is 2. The van der Waals surface area contributed by atoms with E-state index in [-0.39, 0.29) is 59.2 Å². The molecule has 42 heteroatoms. The summed E-state index contributed by atoms with van der Waals surface area (Å²) in [5, 5.41) is 97.0. The number of para-hydroxylation sites is 3. The van der Waals surface area contributed by atoms with Crippen molar-refractivity contribution in [1.29, 1.82) is 0 Å². The fourth-order valence-corrected chi connectivity index (χ4v) is 11.8. The number of nitrogens with zero attached hydrogens (tertiary/aromatic N) is 8. The van der Waals surface area contributed by atoms with Gasteiger partial charge >= 0.3 is 5.97 Å². The van der Waals surface area contributed by atoms with Crippen molar-refractivity contribution in [2.75, 3.05) is 255 Å². The molecule has 3 saturated heterocycles. The molecule has 3 fully saturated rings. The molecule has 9 rings (SSSR count). The second kappa shape index (κ2) is 109. The van der Waals surface area contributed by atoms with E-state index in [1.807, 2.05) is 94.5 Å². The van der Waals surface area contributed by atoms with Gasteiger partial charge in [0.1, 0.15) is 18.4 Å². The number of nitrogen functional groups attached to an aromatic ring is 2. The van der Waals surface area contributed by atoms with Gasteiger partial charge in [0.25, 0.3) is 0 Å². The van der Waals surface area contributed by atoms with Crippen molar-refractivity contribution in [3.8, 4) is 5.75 Å². The van der Waals surface area contributed by atoms with Crippen LogP contribution in [0.15, 0.2) is 132 Å². The van der Waals surface area contributed by atoms with Crippen molar-refractivity contribution in [2.45, 2.75) is 144 Å². The number of imidazole rings is 3. The van der Waals surface area contributed by atoms with Gasteiger partial charge in [0.05, 0.1) is 64.2 Å². The van der Waals surface area contributed by atoms with E-state index in [1.54, 1.807) is 52.8 Å². The van der Waals surface area contributed by atoms with Crippen LogP contribution in [0.1, 0.15) is 108 Å². The number of H-pyrrole nitrogens is 2. The zero-order valence-corrected chi connectivity index (χ0v) is 78.9. The van der Waals surface area contributed by atoms with Crippen LogP contribution in [0.2, 0.25) is 0 Å². The SMILES string of the molecule is C1CNCCN1.CN1CCN(CCCN)CC1.NC(CO)CO.NCC(O)CO.NCCCCCCO.NCCCCCO.NCCCCO.NCCCO.NCCCn1ccnc1.NCCN(CCO)CCO.NCCN1CCCCC1.NCCOc1ccccc1.NCCc1cnc[nH]1.N[C@H](Cc1cnc[nH]1)C(=O)O.Nc1ccccc1SSc1ccccc1N. The summed E-state index contributed by atoms with van der Waals surface area (Å²) in [7, 11) is 5.43. The predicted molar refractivity (Wildman–Crippen MR) is 527 cm³/mol. The molecular weight excluding hydrogens is 1680 g/mol. The Labute approximate surface area is 773 Å². The monoisotopic (exact) mass is 1860 g/mol. The third-order valence-corrected chi connectivity index (χ3v) is 19.5. The number of piperidine rings is 1. The van der Waals surface area contributed by atoms with Gasteiger partial charge in [-0.2, -0.15) is 0 Å². The van der Waals surface area contributed by atoms with Gasteiger partial charge in [-0.3, -0.25) is 9.69 Å². The number of aliphatic hydroxyl groups excluding tert-OH is 10. The van der Waals surface area contributed by atoms with Crippen molar-refractivity contribution in [1.82, 2.24) is 59.7 Å². The Balaban J connectivity index is -0.000000315. The number of carbonyl (C=O) groups is 1. The number of likely N-dealkylation sites (N-methyl/N-ethyl adjacent to an activating group) is 1. The average molecular weight is 1860 g/mol. The summed E-state index contributed by atoms with van der Waals surface area (Å²) in [5.74, 6) is -0.118. The summed E-state index contributed by atoms with van der Waals surface area (Å²) in [6.45, 7) is 25.8. The van der Waals surface area contributed by atoms with Gasteiger partial charge in [0, 0.05) is 208 Å². The lowest BCUT2D eigenvalue weighted by molar-refractivity contribution is -0.138. The second-order valence-electron chi connectivity index (χ2n) is 28.3. The molecule has 2 atom stereocenters. The van der Waals surface area contributed by atoms with Crippen molar-refractivity contribution in [2.24, 2.45) is 74.5 Å². The second-order valence-corrected chi connectivity index (χ2v) is 30.5. The molecule has 6 aromatic rings. The van der Waals surface area contributed by atoms with Gasteiger partial charge in [0.15, 0.2) is 0 Å². The highest BCUT2D eigenvalue weighted by Crippen LogP contribution is 2.41. The first kappa shape index (κ1) is 132. The number of hydrogen-bond donors (Lipinski definition) is 30. The van der Waals surface area contributed by atoms with Gasteiger partial charge in [-0.05, 0) is 186 Å². The normalized spacial score (nSPS) is 12.9. The third-order valence-electron chi connectivity index (χ3n) is 17.0. The molecule has 3 aliphatic rings. The van der Waals surface area contributed by atoms with Crippen LogP contribution in [0.4, 0.5) is 11.4 Å². The van der Waals surface area contributed by atoms with Crippen molar-refractivity contribution in [3.63, 3.8) is 0 Å². The van der Waals surface area contributed by atoms with Crippen LogP contribution < -0.4 is 101 Å². The first-order valence-electron chi connectivity index (χ1n) is 44.6. The highest BCUT2D eigenvalue weighted by atomic mass is 33.1. The number of rotatable bonds is 43. The standard InChI is InChI=1S/C12H12N2S2.C8H19N3.C8H11NO.C7H16N2.C6H9N3O2.C6H11N3.C6H16N2O2.C6H15NO.C5H9N3.C5H13NO.C4H10N2.C4H11NO.2C3H9NO2.C3H9NO/c13-9-5-1-3-7-11(9)15-16-12-8-4-2-6-10(12)14;1-10-5-7-11(8-6-10)4-2-3-9;9-6-7-10-8-4-2-1-3-5-8;8-4-7-9-5-2-1-3-6-9;7-5(6(10)11)1-4-2-8-3-9-4;7-2-1-4-9-5-3-8-6-9;7-1-2-8(3-5-9)4-6-10;7-5-3-1-2-4-6-8;6-2-1-5-3-7-4-8-5;6-4-2-1-3-5-7;1-2-6-4-3-5-1;5-3-1-2-4-6;4-3(1-5)2-6;4-1-3(6)2-5;4-2-1-3-5/h1-8H,13-14H2;2-9H2,1H3;1-5H,6-7,9H2;1-8H2;2-3,5H,1,7H2,(H,8,9)(H,10,11);3,5-6H,1-2,4,7H2;9-10H,1-7H2;8H,1-7H2;3-4H,1-2,6H2,(H,7,8);7H,1-6H2;5-6H,1-4H2;6H,1-5H2;2*3,5-6H,1-2,4H2;5H,1-4H2/t;;;;5-;;;;;;;;;;/m....1........../s1. The van der Waals surface area contributed by atoms with Gasteiger partial charge < -0.3 is 187 Å². The first-order valence-corrected chi connectivity index (χ1v) is 46.8. The van der Waals surface area contributed by atoms with Crippen molar-refractivity contribution in [3.05, 3.63) is 134 Å². The Hall–Kier alpha value is -6.30. The number of aliphatic carboxylic acids is 1. The Morgan fingerprint density at radius 1 is 0.477 bits per heavy atom. The van der Waals surface area contributed by atoms with E-state index >= 15 is 0 Å². The number of aliphatic hydroxyl groups is 10. The average Bonchev–Trinajstić information content (AvgIpc) is 0.934. The van der Waals surface area contributed by atoms with Crippen LogP contribution in [0, 0.1) is 0 Å². The number of ether oxygens (including phenoxy) is 1. The number of aromatic nitrogens is 6. The molecule has 45 N–H and O–H groups in total. The Bertz CT molecular complexity index is 2890. The van der Waals surface area contributed by atoms with Gasteiger partial charge in [-0.15, -0.1) is 0 Å². The molecule has 3 aromatic carbocycles. The maximum atomic E-state index is 10.3. The van der Waals surface area contributed by atoms with Crippen LogP contribution in [0.3, 0.4) is 0 Å². The van der Waals surface area contributed by atoms with E-state index in [2.05, 4.69) is 57.3 Å². The molecule has 3 aliphatic heterocycles. The predicted octanol–water partition coefficient (Wildman–Crippen LogP) is -2.15. The number of carboxylic acids is 1. The molecule has 40 nitrogen and oxygen atoms in total. The number of likely N-dealkylation sites (tertiary alicyclic amines) is 1.